The Bertz CT molecular complexity index is 2630. The summed E-state index contributed by atoms with van der Waals surface area (Å²) in [6.45, 7) is 4.99. The van der Waals surface area contributed by atoms with Gasteiger partial charge in [0.15, 0.2) is 6.29 Å². The first-order chi connectivity index (χ1) is 34.4. The molecule has 1 aliphatic heterocycles. The van der Waals surface area contributed by atoms with Gasteiger partial charge in [0.1, 0.15) is 42.8 Å². The molecule has 6 atom stereocenters. The van der Waals surface area contributed by atoms with Gasteiger partial charge in [-0.25, -0.2) is 4.79 Å². The summed E-state index contributed by atoms with van der Waals surface area (Å²) in [5.74, 6) is -0.403. The highest BCUT2D eigenvalue weighted by Gasteiger charge is 2.65. The Labute approximate surface area is 410 Å². The summed E-state index contributed by atoms with van der Waals surface area (Å²) in [5.41, 5.74) is 4.70. The van der Waals surface area contributed by atoms with Gasteiger partial charge in [-0.15, -0.1) is 6.58 Å². The number of unbranched alkanes of at least 4 members (excludes halogenated alkanes) is 2. The number of aliphatic hydroxyl groups is 2. The molecule has 1 fully saturated rings. The average molecular weight is 953 g/mol. The van der Waals surface area contributed by atoms with Gasteiger partial charge in [0.25, 0.3) is 0 Å². The third kappa shape index (κ3) is 10.9. The van der Waals surface area contributed by atoms with Crippen LogP contribution in [-0.4, -0.2) is 92.3 Å². The van der Waals surface area contributed by atoms with E-state index in [1.165, 1.54) is 14.2 Å². The summed E-state index contributed by atoms with van der Waals surface area (Å²) in [6, 6.07) is 34.0. The number of amides is 1. The number of hydrogen-bond acceptors (Lipinski definition) is 12. The Morgan fingerprint density at radius 1 is 0.886 bits per heavy atom. The summed E-state index contributed by atoms with van der Waals surface area (Å²) in [7, 11) is 3.04. The molecule has 368 valence electrons. The number of aliphatic hydroxyl groups excluding tert-OH is 2. The van der Waals surface area contributed by atoms with E-state index >= 15 is 4.79 Å². The van der Waals surface area contributed by atoms with Crippen LogP contribution in [0.3, 0.4) is 0 Å². The van der Waals surface area contributed by atoms with E-state index in [-0.39, 0.29) is 63.8 Å². The van der Waals surface area contributed by atoms with Crippen LogP contribution in [-0.2, 0) is 32.2 Å². The highest BCUT2D eigenvalue weighted by atomic mass is 16.7. The first kappa shape index (κ1) is 49.9. The van der Waals surface area contributed by atoms with Crippen molar-refractivity contribution >= 4 is 28.9 Å². The molecule has 8 rings (SSSR count). The highest BCUT2D eigenvalue weighted by molar-refractivity contribution is 6.03. The van der Waals surface area contributed by atoms with Gasteiger partial charge >= 0.3 is 6.09 Å². The molecule has 0 radical (unpaired) electrons. The van der Waals surface area contributed by atoms with E-state index in [0.717, 1.165) is 65.0 Å². The van der Waals surface area contributed by atoms with Crippen molar-refractivity contribution in [3.63, 3.8) is 0 Å². The summed E-state index contributed by atoms with van der Waals surface area (Å²) in [5, 5.41) is 26.8. The Morgan fingerprint density at radius 2 is 1.64 bits per heavy atom. The lowest BCUT2D eigenvalue weighted by Crippen LogP contribution is -2.70. The lowest BCUT2D eigenvalue weighted by Gasteiger charge is -2.59. The number of hydrogen-bond donors (Lipinski definition) is 2. The number of methoxy groups -OCH3 is 1. The molecule has 2 aliphatic carbocycles. The van der Waals surface area contributed by atoms with E-state index in [2.05, 4.69) is 30.9 Å². The third-order valence-corrected chi connectivity index (χ3v) is 13.8. The van der Waals surface area contributed by atoms with Gasteiger partial charge in [-0.3, -0.25) is 9.69 Å². The minimum Gasteiger partial charge on any atom is -0.496 e. The van der Waals surface area contributed by atoms with Gasteiger partial charge in [-0.1, -0.05) is 103 Å². The first-order valence-corrected chi connectivity index (χ1v) is 24.3. The Hall–Kier alpha value is -6.51. The molecule has 70 heavy (non-hydrogen) atoms. The summed E-state index contributed by atoms with van der Waals surface area (Å²) in [6.07, 6.45) is 8.70. The lowest BCUT2D eigenvalue weighted by molar-refractivity contribution is -0.256. The summed E-state index contributed by atoms with van der Waals surface area (Å²) in [4.78, 5) is 34.6. The number of fused-ring (bicyclic) bond motifs is 3. The zero-order valence-corrected chi connectivity index (χ0v) is 40.1. The van der Waals surface area contributed by atoms with Crippen molar-refractivity contribution in [2.45, 2.75) is 75.8 Å². The van der Waals surface area contributed by atoms with E-state index < -0.39 is 23.8 Å². The van der Waals surface area contributed by atoms with Crippen molar-refractivity contribution in [1.29, 1.82) is 0 Å². The van der Waals surface area contributed by atoms with Gasteiger partial charge in [0.05, 0.1) is 50.7 Å². The van der Waals surface area contributed by atoms with Gasteiger partial charge in [-0.05, 0) is 101 Å². The SMILES string of the molecule is C=CCOC12Oc3ccc(Oc4ccc(OC)c(C=O)c4)cc3C3C(CCCCO)C(CCCCO)C=C(C(=NOC)CC1N(Cc1cccc4ccccc14)C(=O)OCCOCc1ccccc1)C32. The second-order valence-electron chi connectivity index (χ2n) is 18.0. The van der Waals surface area contributed by atoms with Crippen LogP contribution in [0, 0.1) is 17.8 Å². The predicted molar refractivity (Wildman–Crippen MR) is 267 cm³/mol. The minimum atomic E-state index is -1.53. The molecule has 0 spiro atoms. The van der Waals surface area contributed by atoms with E-state index in [1.807, 2.05) is 72.8 Å². The van der Waals surface area contributed by atoms with Crippen molar-refractivity contribution in [2.24, 2.45) is 22.9 Å². The fourth-order valence-corrected chi connectivity index (χ4v) is 10.8. The molecule has 1 amide bonds. The molecular weight excluding hydrogens is 889 g/mol. The molecule has 0 aromatic heterocycles. The molecule has 5 aromatic carbocycles. The number of allylic oxidation sites excluding steroid dienone is 1. The van der Waals surface area contributed by atoms with Gasteiger partial charge in [-0.2, -0.15) is 0 Å². The maximum Gasteiger partial charge on any atom is 0.410 e. The van der Waals surface area contributed by atoms with E-state index in [9.17, 15) is 15.0 Å². The molecule has 1 heterocycles. The molecule has 1 saturated carbocycles. The fraction of sp³-hybridized carbons (Fsp3) is 0.386. The van der Waals surface area contributed by atoms with Crippen molar-refractivity contribution in [3.8, 4) is 23.0 Å². The zero-order chi connectivity index (χ0) is 48.9. The van der Waals surface area contributed by atoms with E-state index in [0.29, 0.717) is 53.7 Å². The van der Waals surface area contributed by atoms with Crippen LogP contribution in [0.2, 0.25) is 0 Å². The number of rotatable bonds is 24. The third-order valence-electron chi connectivity index (χ3n) is 13.8. The number of carbonyl (C=O) groups excluding carboxylic acids is 2. The fourth-order valence-electron chi connectivity index (χ4n) is 10.8. The molecule has 2 N–H and O–H groups in total. The molecule has 0 saturated heterocycles. The van der Waals surface area contributed by atoms with E-state index in [1.54, 1.807) is 29.2 Å². The first-order valence-electron chi connectivity index (χ1n) is 24.3. The predicted octanol–water partition coefficient (Wildman–Crippen LogP) is 10.6. The second kappa shape index (κ2) is 23.9. The quantitative estimate of drug-likeness (QED) is 0.0263. The Kier molecular flexibility index (Phi) is 17.0. The Morgan fingerprint density at radius 3 is 2.41 bits per heavy atom. The number of aldehydes is 1. The van der Waals surface area contributed by atoms with Gasteiger partial charge in [0, 0.05) is 31.1 Å². The molecule has 5 aromatic rings. The van der Waals surface area contributed by atoms with Crippen molar-refractivity contribution in [1.82, 2.24) is 4.90 Å². The largest absolute Gasteiger partial charge is 0.496 e. The van der Waals surface area contributed by atoms with Crippen LogP contribution in [0.1, 0.15) is 77.9 Å². The lowest BCUT2D eigenvalue weighted by atomic mass is 9.55. The Balaban J connectivity index is 1.28. The monoisotopic (exact) mass is 952 g/mol. The topological polar surface area (TPSA) is 155 Å². The normalized spacial score (nSPS) is 21.7. The average Bonchev–Trinajstić information content (AvgIpc) is 3.39. The number of ether oxygens (including phenoxy) is 6. The number of nitrogens with zero attached hydrogens (tertiary/aromatic N) is 2. The summed E-state index contributed by atoms with van der Waals surface area (Å²) >= 11 is 0. The number of benzene rings is 5. The van der Waals surface area contributed by atoms with Crippen LogP contribution in [0.5, 0.6) is 23.0 Å². The molecule has 3 aliphatic rings. The zero-order valence-electron chi connectivity index (χ0n) is 40.1. The minimum absolute atomic E-state index is 0.00137. The van der Waals surface area contributed by atoms with Crippen LogP contribution in [0.4, 0.5) is 4.79 Å². The maximum atomic E-state index is 15.1. The van der Waals surface area contributed by atoms with Crippen LogP contribution >= 0.6 is 0 Å². The smallest absolute Gasteiger partial charge is 0.410 e. The molecule has 0 bridgehead atoms. The van der Waals surface area contributed by atoms with E-state index in [4.69, 9.17) is 38.4 Å². The maximum absolute atomic E-state index is 15.1. The van der Waals surface area contributed by atoms with Gasteiger partial charge in [0.2, 0.25) is 5.79 Å². The second-order valence-corrected chi connectivity index (χ2v) is 18.0. The number of oxime groups is 1. The van der Waals surface area contributed by atoms with Crippen molar-refractivity contribution in [3.05, 3.63) is 156 Å². The highest BCUT2D eigenvalue weighted by Crippen LogP contribution is 2.62. The molecule has 13 heteroatoms. The summed E-state index contributed by atoms with van der Waals surface area (Å²) < 4.78 is 38.7. The van der Waals surface area contributed by atoms with Crippen LogP contribution in [0.25, 0.3) is 10.8 Å². The van der Waals surface area contributed by atoms with Crippen LogP contribution < -0.4 is 14.2 Å². The van der Waals surface area contributed by atoms with Gasteiger partial charge < -0.3 is 43.5 Å². The van der Waals surface area contributed by atoms with Crippen molar-refractivity contribution in [2.75, 3.05) is 47.3 Å². The number of carbonyl (C=O) groups is 2. The van der Waals surface area contributed by atoms with Crippen molar-refractivity contribution < 1.29 is 53.1 Å². The standard InChI is InChI=1S/C57H64N2O11/c1-4-29-68-57-53(59(36-42-20-14-19-40-17-8-9-21-46(40)42)56(63)67-31-30-66-38-39-15-6-5-7-16-39)35-50(58-65-3)48-33-41(18-10-12-27-60)47(22-11-13-28-61)54(55(48)57)49-34-45(24-26-52(49)70-57)69-44-23-25-51(64-2)43(32-44)37-62/h4-9,14-17,19-21,23-26,32-34,37,41,47,53-55,60-61H,1,10-13,18,22,27-31,35-36,38H2,2-3H3. The molecule has 6 unspecified atom stereocenters. The molecule has 13 nitrogen and oxygen atoms in total. The van der Waals surface area contributed by atoms with Crippen LogP contribution in [0.15, 0.2) is 139 Å². The molecular formula is C57H64N2O11.